The standard InChI is InChI=1S/C15H20N4O2/c1-2-19-14(13(16)10-17-19)15(21)18(8-9-20)11-12-6-4-3-5-7-12/h3-7,10,20H,2,8-9,11,16H2,1H3. The number of benzene rings is 1. The van der Waals surface area contributed by atoms with Gasteiger partial charge in [-0.2, -0.15) is 5.10 Å². The van der Waals surface area contributed by atoms with E-state index in [1.165, 1.54) is 6.20 Å². The molecule has 21 heavy (non-hydrogen) atoms. The number of hydrogen-bond acceptors (Lipinski definition) is 4. The van der Waals surface area contributed by atoms with Gasteiger partial charge in [0.05, 0.1) is 18.5 Å². The summed E-state index contributed by atoms with van der Waals surface area (Å²) in [5.41, 5.74) is 7.59. The van der Waals surface area contributed by atoms with Crippen molar-refractivity contribution in [3.63, 3.8) is 0 Å². The first-order chi connectivity index (χ1) is 10.2. The van der Waals surface area contributed by atoms with E-state index in [2.05, 4.69) is 5.10 Å². The fraction of sp³-hybridized carbons (Fsp3) is 0.333. The van der Waals surface area contributed by atoms with Crippen molar-refractivity contribution in [2.45, 2.75) is 20.0 Å². The molecule has 0 bridgehead atoms. The topological polar surface area (TPSA) is 84.4 Å². The number of nitrogens with two attached hydrogens (primary N) is 1. The van der Waals surface area contributed by atoms with Crippen LogP contribution >= 0.6 is 0 Å². The quantitative estimate of drug-likeness (QED) is 0.834. The molecule has 0 aliphatic heterocycles. The number of rotatable bonds is 6. The van der Waals surface area contributed by atoms with Crippen LogP contribution in [0.5, 0.6) is 0 Å². The van der Waals surface area contributed by atoms with Gasteiger partial charge in [0.15, 0.2) is 0 Å². The average Bonchev–Trinajstić information content (AvgIpc) is 2.88. The lowest BCUT2D eigenvalue weighted by atomic mass is 10.2. The molecule has 2 rings (SSSR count). The lowest BCUT2D eigenvalue weighted by Gasteiger charge is -2.22. The molecule has 1 aromatic carbocycles. The van der Waals surface area contributed by atoms with Crippen LogP contribution in [-0.4, -0.2) is 38.8 Å². The van der Waals surface area contributed by atoms with E-state index >= 15 is 0 Å². The molecule has 0 atom stereocenters. The van der Waals surface area contributed by atoms with Crippen LogP contribution in [0, 0.1) is 0 Å². The number of nitrogen functional groups attached to an aromatic ring is 1. The predicted molar refractivity (Wildman–Crippen MR) is 80.6 cm³/mol. The molecule has 0 aliphatic carbocycles. The minimum Gasteiger partial charge on any atom is -0.396 e. The van der Waals surface area contributed by atoms with Gasteiger partial charge in [0.25, 0.3) is 5.91 Å². The Morgan fingerprint density at radius 3 is 2.71 bits per heavy atom. The van der Waals surface area contributed by atoms with Gasteiger partial charge in [-0.1, -0.05) is 30.3 Å². The normalized spacial score (nSPS) is 10.6. The molecule has 1 aromatic heterocycles. The zero-order chi connectivity index (χ0) is 15.2. The fourth-order valence-electron chi connectivity index (χ4n) is 2.20. The molecule has 0 unspecified atom stereocenters. The van der Waals surface area contributed by atoms with E-state index in [4.69, 9.17) is 5.73 Å². The van der Waals surface area contributed by atoms with Gasteiger partial charge in [0.2, 0.25) is 0 Å². The Morgan fingerprint density at radius 1 is 1.38 bits per heavy atom. The van der Waals surface area contributed by atoms with Crippen molar-refractivity contribution < 1.29 is 9.90 Å². The molecule has 6 heteroatoms. The summed E-state index contributed by atoms with van der Waals surface area (Å²) in [4.78, 5) is 14.3. The smallest absolute Gasteiger partial charge is 0.274 e. The van der Waals surface area contributed by atoms with Crippen LogP contribution in [0.4, 0.5) is 5.69 Å². The van der Waals surface area contributed by atoms with E-state index in [-0.39, 0.29) is 19.1 Å². The maximum absolute atomic E-state index is 12.7. The number of hydrogen-bond donors (Lipinski definition) is 2. The van der Waals surface area contributed by atoms with Crippen molar-refractivity contribution >= 4 is 11.6 Å². The highest BCUT2D eigenvalue weighted by Crippen LogP contribution is 2.15. The summed E-state index contributed by atoms with van der Waals surface area (Å²) in [6, 6.07) is 9.64. The van der Waals surface area contributed by atoms with Gasteiger partial charge >= 0.3 is 0 Å². The Hall–Kier alpha value is -2.34. The molecule has 0 saturated heterocycles. The van der Waals surface area contributed by atoms with Crippen molar-refractivity contribution in [1.82, 2.24) is 14.7 Å². The molecule has 0 saturated carbocycles. The Morgan fingerprint density at radius 2 is 2.10 bits per heavy atom. The predicted octanol–water partition coefficient (Wildman–Crippen LogP) is 1.12. The molecule has 112 valence electrons. The molecule has 1 heterocycles. The second-order valence-corrected chi connectivity index (χ2v) is 4.70. The number of carbonyl (C=O) groups is 1. The third-order valence-electron chi connectivity index (χ3n) is 3.24. The highest BCUT2D eigenvalue weighted by atomic mass is 16.3. The second-order valence-electron chi connectivity index (χ2n) is 4.70. The summed E-state index contributed by atoms with van der Waals surface area (Å²) in [7, 11) is 0. The SMILES string of the molecule is CCn1ncc(N)c1C(=O)N(CCO)Cc1ccccc1. The fourth-order valence-corrected chi connectivity index (χ4v) is 2.20. The van der Waals surface area contributed by atoms with E-state index in [0.717, 1.165) is 5.56 Å². The van der Waals surface area contributed by atoms with Gasteiger partial charge in [-0.15, -0.1) is 0 Å². The van der Waals surface area contributed by atoms with Crippen molar-refractivity contribution in [1.29, 1.82) is 0 Å². The van der Waals surface area contributed by atoms with E-state index in [1.807, 2.05) is 37.3 Å². The molecule has 0 fully saturated rings. The van der Waals surface area contributed by atoms with E-state index in [0.29, 0.717) is 24.5 Å². The van der Waals surface area contributed by atoms with E-state index < -0.39 is 0 Å². The first-order valence-corrected chi connectivity index (χ1v) is 6.92. The molecular formula is C15H20N4O2. The highest BCUT2D eigenvalue weighted by molar-refractivity contribution is 5.97. The van der Waals surface area contributed by atoms with Crippen LogP contribution in [0.25, 0.3) is 0 Å². The lowest BCUT2D eigenvalue weighted by Crippen LogP contribution is -2.35. The number of carbonyl (C=O) groups excluding carboxylic acids is 1. The third-order valence-corrected chi connectivity index (χ3v) is 3.24. The summed E-state index contributed by atoms with van der Waals surface area (Å²) >= 11 is 0. The summed E-state index contributed by atoms with van der Waals surface area (Å²) < 4.78 is 1.58. The van der Waals surface area contributed by atoms with Crippen molar-refractivity contribution in [2.75, 3.05) is 18.9 Å². The molecule has 6 nitrogen and oxygen atoms in total. The molecule has 0 radical (unpaired) electrons. The zero-order valence-electron chi connectivity index (χ0n) is 12.1. The summed E-state index contributed by atoms with van der Waals surface area (Å²) in [6.07, 6.45) is 1.48. The van der Waals surface area contributed by atoms with Gasteiger partial charge in [0, 0.05) is 19.6 Å². The maximum atomic E-state index is 12.7. The number of nitrogens with zero attached hydrogens (tertiary/aromatic N) is 3. The first kappa shape index (κ1) is 15.1. The van der Waals surface area contributed by atoms with Gasteiger partial charge in [0.1, 0.15) is 5.69 Å². The van der Waals surface area contributed by atoms with Crippen LogP contribution in [0.1, 0.15) is 23.0 Å². The van der Waals surface area contributed by atoms with Gasteiger partial charge in [-0.25, -0.2) is 0 Å². The Kier molecular flexibility index (Phi) is 4.94. The van der Waals surface area contributed by atoms with Crippen molar-refractivity contribution in [3.05, 3.63) is 47.8 Å². The summed E-state index contributed by atoms with van der Waals surface area (Å²) in [5.74, 6) is -0.218. The first-order valence-electron chi connectivity index (χ1n) is 6.92. The summed E-state index contributed by atoms with van der Waals surface area (Å²) in [6.45, 7) is 3.04. The number of aromatic nitrogens is 2. The van der Waals surface area contributed by atoms with Crippen molar-refractivity contribution in [3.8, 4) is 0 Å². The van der Waals surface area contributed by atoms with Crippen molar-refractivity contribution in [2.24, 2.45) is 0 Å². The monoisotopic (exact) mass is 288 g/mol. The number of amides is 1. The van der Waals surface area contributed by atoms with Gasteiger partial charge in [-0.05, 0) is 12.5 Å². The van der Waals surface area contributed by atoms with Gasteiger partial charge < -0.3 is 15.7 Å². The Labute approximate surface area is 123 Å². The van der Waals surface area contributed by atoms with Crippen LogP contribution in [0.2, 0.25) is 0 Å². The number of aliphatic hydroxyl groups is 1. The molecular weight excluding hydrogens is 268 g/mol. The third kappa shape index (κ3) is 3.41. The van der Waals surface area contributed by atoms with Gasteiger partial charge in [-0.3, -0.25) is 9.48 Å². The largest absolute Gasteiger partial charge is 0.396 e. The number of aliphatic hydroxyl groups excluding tert-OH is 1. The molecule has 1 amide bonds. The van der Waals surface area contributed by atoms with E-state index in [9.17, 15) is 9.90 Å². The highest BCUT2D eigenvalue weighted by Gasteiger charge is 2.22. The second kappa shape index (κ2) is 6.90. The molecule has 2 aromatic rings. The van der Waals surface area contributed by atoms with Crippen LogP contribution in [0.15, 0.2) is 36.5 Å². The minimum absolute atomic E-state index is 0.0985. The van der Waals surface area contributed by atoms with Crippen LogP contribution in [0.3, 0.4) is 0 Å². The van der Waals surface area contributed by atoms with E-state index in [1.54, 1.807) is 9.58 Å². The molecule has 0 aliphatic rings. The number of aryl methyl sites for hydroxylation is 1. The average molecular weight is 288 g/mol. The van der Waals surface area contributed by atoms with Crippen LogP contribution < -0.4 is 5.73 Å². The minimum atomic E-state index is -0.218. The Bertz CT molecular complexity index is 595. The number of anilines is 1. The lowest BCUT2D eigenvalue weighted by molar-refractivity contribution is 0.0696. The maximum Gasteiger partial charge on any atom is 0.274 e. The Balaban J connectivity index is 2.25. The van der Waals surface area contributed by atoms with Crippen LogP contribution in [-0.2, 0) is 13.1 Å². The zero-order valence-corrected chi connectivity index (χ0v) is 12.1. The summed E-state index contributed by atoms with van der Waals surface area (Å²) in [5, 5.41) is 13.3. The molecule has 3 N–H and O–H groups in total. The molecule has 0 spiro atoms.